The van der Waals surface area contributed by atoms with Gasteiger partial charge in [-0.2, -0.15) is 0 Å². The Labute approximate surface area is 562 Å². The van der Waals surface area contributed by atoms with Crippen LogP contribution in [-0.2, 0) is 66.2 Å². The number of nitrogens with zero attached hydrogens (tertiary/aromatic N) is 9. The second kappa shape index (κ2) is 35.3. The Morgan fingerprint density at radius 2 is 0.968 bits per heavy atom. The number of fused-ring (bicyclic) bond motifs is 1. The lowest BCUT2D eigenvalue weighted by Crippen LogP contribution is -2.63. The highest BCUT2D eigenvalue weighted by atomic mass is 16.4. The van der Waals surface area contributed by atoms with Crippen LogP contribution in [0.3, 0.4) is 0 Å². The van der Waals surface area contributed by atoms with Gasteiger partial charge in [0.05, 0.1) is 23.7 Å². The molecular weight excluding hydrogens is 1220 g/mol. The number of likely N-dealkylation sites (N-methyl/N-ethyl adjacent to an activating group) is 7. The maximum Gasteiger partial charge on any atom is 0.337 e. The second-order valence-electron chi connectivity index (χ2n) is 28.6. The number of carbonyl (C=O) groups excluding carboxylic acids is 11. The maximum atomic E-state index is 15.5. The van der Waals surface area contributed by atoms with Gasteiger partial charge in [0.25, 0.3) is 0 Å². The monoisotopic (exact) mass is 1340 g/mol. The molecule has 12 atom stereocenters. The van der Waals surface area contributed by atoms with Crippen molar-refractivity contribution in [2.24, 2.45) is 48.5 Å². The minimum absolute atomic E-state index is 0.0533. The number of carbonyl (C=O) groups is 12. The van der Waals surface area contributed by atoms with Gasteiger partial charge in [0.15, 0.2) is 0 Å². The molecule has 2 aromatic rings. The zero-order valence-electron chi connectivity index (χ0n) is 60.9. The minimum Gasteiger partial charge on any atom is -0.478 e. The van der Waals surface area contributed by atoms with Crippen molar-refractivity contribution < 1.29 is 67.7 Å². The quantitative estimate of drug-likeness (QED) is 0.141. The summed E-state index contributed by atoms with van der Waals surface area (Å²) < 4.78 is 1.66. The van der Waals surface area contributed by atoms with E-state index in [9.17, 15) is 48.6 Å². The van der Waals surface area contributed by atoms with Crippen LogP contribution in [0.1, 0.15) is 159 Å². The van der Waals surface area contributed by atoms with E-state index in [0.717, 1.165) is 9.80 Å². The lowest BCUT2D eigenvalue weighted by atomic mass is 9.91. The molecule has 0 radical (unpaired) electrons. The Morgan fingerprint density at radius 3 is 1.45 bits per heavy atom. The van der Waals surface area contributed by atoms with Crippen molar-refractivity contribution in [3.63, 3.8) is 0 Å². The molecule has 6 N–H and O–H groups in total. The molecule has 1 aromatic carbocycles. The molecule has 0 bridgehead atoms. The number of carboxylic acid groups (broad SMARTS) is 1. The van der Waals surface area contributed by atoms with Crippen molar-refractivity contribution in [1.82, 2.24) is 65.1 Å². The Balaban J connectivity index is 2.35. The fourth-order valence-corrected chi connectivity index (χ4v) is 12.2. The van der Waals surface area contributed by atoms with Crippen molar-refractivity contribution in [3.8, 4) is 0 Å². The first-order valence-electron chi connectivity index (χ1n) is 33.4. The van der Waals surface area contributed by atoms with Crippen LogP contribution >= 0.6 is 0 Å². The molecule has 0 aliphatic carbocycles. The molecule has 0 saturated carbocycles. The molecule has 27 heteroatoms. The largest absolute Gasteiger partial charge is 0.478 e. The first-order valence-corrected chi connectivity index (χ1v) is 33.4. The predicted molar refractivity (Wildman–Crippen MR) is 360 cm³/mol. The van der Waals surface area contributed by atoms with Crippen molar-refractivity contribution >= 4 is 82.0 Å². The number of aryl methyl sites for hydroxylation is 1. The van der Waals surface area contributed by atoms with E-state index in [1.165, 1.54) is 93.7 Å². The van der Waals surface area contributed by atoms with Crippen LogP contribution in [0.25, 0.3) is 11.0 Å². The number of para-hydroxylation sites is 1. The lowest BCUT2D eigenvalue weighted by Gasteiger charge is -2.41. The summed E-state index contributed by atoms with van der Waals surface area (Å²) in [5.41, 5.74) is 0.608. The van der Waals surface area contributed by atoms with Crippen molar-refractivity contribution in [1.29, 1.82) is 0 Å². The van der Waals surface area contributed by atoms with Gasteiger partial charge in [0.2, 0.25) is 65.0 Å². The number of aromatic carboxylic acids is 1. The molecule has 2 heterocycles. The van der Waals surface area contributed by atoms with Gasteiger partial charge in [-0.3, -0.25) is 52.7 Å². The van der Waals surface area contributed by atoms with Gasteiger partial charge in [-0.25, -0.2) is 9.78 Å². The molecule has 534 valence electrons. The van der Waals surface area contributed by atoms with Crippen LogP contribution in [0.4, 0.5) is 0 Å². The number of amides is 11. The number of aromatic nitrogens is 2. The van der Waals surface area contributed by atoms with Gasteiger partial charge in [0.1, 0.15) is 71.8 Å². The number of hydrogen-bond acceptors (Lipinski definition) is 14. The third kappa shape index (κ3) is 20.7. The summed E-state index contributed by atoms with van der Waals surface area (Å²) in [5.74, 6) is -11.7. The highest BCUT2D eigenvalue weighted by Gasteiger charge is 2.46. The van der Waals surface area contributed by atoms with Crippen LogP contribution in [0.2, 0.25) is 0 Å². The van der Waals surface area contributed by atoms with Crippen LogP contribution in [0, 0.1) is 41.4 Å². The molecule has 27 nitrogen and oxygen atoms in total. The molecule has 1 aliphatic heterocycles. The average Bonchev–Trinajstić information content (AvgIpc) is 1.79. The van der Waals surface area contributed by atoms with Gasteiger partial charge in [-0.1, -0.05) is 103 Å². The van der Waals surface area contributed by atoms with E-state index in [1.807, 2.05) is 55.4 Å². The van der Waals surface area contributed by atoms with Gasteiger partial charge in [-0.05, 0) is 99.5 Å². The van der Waals surface area contributed by atoms with E-state index in [2.05, 4.69) is 26.3 Å². The van der Waals surface area contributed by atoms with Crippen LogP contribution in [-0.4, -0.2) is 247 Å². The van der Waals surface area contributed by atoms with Crippen LogP contribution in [0.5, 0.6) is 0 Å². The van der Waals surface area contributed by atoms with Crippen molar-refractivity contribution in [3.05, 3.63) is 29.6 Å². The normalized spacial score (nSPS) is 25.3. The van der Waals surface area contributed by atoms with Crippen molar-refractivity contribution in [2.75, 3.05) is 55.9 Å². The minimum atomic E-state index is -1.80. The van der Waals surface area contributed by atoms with Gasteiger partial charge in [0, 0.05) is 62.8 Å². The Bertz CT molecular complexity index is 3070. The zero-order valence-corrected chi connectivity index (χ0v) is 60.9. The first-order chi connectivity index (χ1) is 43.9. The lowest BCUT2D eigenvalue weighted by molar-refractivity contribution is -0.157. The van der Waals surface area contributed by atoms with Crippen LogP contribution < -0.4 is 21.3 Å². The van der Waals surface area contributed by atoms with E-state index in [4.69, 9.17) is 0 Å². The number of benzene rings is 1. The van der Waals surface area contributed by atoms with Gasteiger partial charge >= 0.3 is 5.97 Å². The second-order valence-corrected chi connectivity index (χ2v) is 28.6. The third-order valence-corrected chi connectivity index (χ3v) is 18.1. The fourth-order valence-electron chi connectivity index (χ4n) is 12.2. The maximum absolute atomic E-state index is 15.5. The number of rotatable bonds is 16. The smallest absolute Gasteiger partial charge is 0.337 e. The number of carboxylic acids is 1. The Kier molecular flexibility index (Phi) is 30.3. The fraction of sp³-hybridized carbons (Fsp3) is 0.721. The average molecular weight is 1340 g/mol. The third-order valence-electron chi connectivity index (χ3n) is 18.1. The van der Waals surface area contributed by atoms with E-state index in [0.29, 0.717) is 11.3 Å². The molecule has 0 unspecified atom stereocenters. The number of aliphatic hydroxyl groups excluding tert-OH is 1. The van der Waals surface area contributed by atoms with Gasteiger partial charge in [-0.15, -0.1) is 0 Å². The summed E-state index contributed by atoms with van der Waals surface area (Å²) in [4.78, 5) is 187. The molecular formula is C68H113N13O14. The molecule has 11 amide bonds. The first kappa shape index (κ1) is 81.5. The van der Waals surface area contributed by atoms with E-state index >= 15 is 19.2 Å². The summed E-state index contributed by atoms with van der Waals surface area (Å²) in [7, 11) is 11.4. The number of hydrogen-bond donors (Lipinski definition) is 6. The van der Waals surface area contributed by atoms with Crippen LogP contribution in [0.15, 0.2) is 18.2 Å². The molecule has 0 spiro atoms. The number of imidazole rings is 1. The highest BCUT2D eigenvalue weighted by Crippen LogP contribution is 2.28. The zero-order chi connectivity index (χ0) is 72.9. The molecule has 1 fully saturated rings. The topological polar surface area (TPSA) is 334 Å². The van der Waals surface area contributed by atoms with E-state index in [1.54, 1.807) is 65.3 Å². The Morgan fingerprint density at radius 1 is 0.516 bits per heavy atom. The summed E-state index contributed by atoms with van der Waals surface area (Å²) >= 11 is 0. The van der Waals surface area contributed by atoms with Gasteiger partial charge < -0.3 is 70.3 Å². The number of aliphatic hydroxyl groups is 1. The molecule has 1 aliphatic rings. The summed E-state index contributed by atoms with van der Waals surface area (Å²) in [6, 6.07) is -8.32. The van der Waals surface area contributed by atoms with E-state index < -0.39 is 162 Å². The highest BCUT2D eigenvalue weighted by molar-refractivity contribution is 6.02. The van der Waals surface area contributed by atoms with E-state index in [-0.39, 0.29) is 73.3 Å². The molecule has 1 saturated heterocycles. The summed E-state index contributed by atoms with van der Waals surface area (Å²) in [6.45, 7) is 27.1. The Hall–Kier alpha value is -7.71. The molecule has 3 rings (SSSR count). The summed E-state index contributed by atoms with van der Waals surface area (Å²) in [6.07, 6.45) is -1.37. The standard InChI is InChI=1S/C68H113N13O14/c1-25-45-63(89)74(17)34-52(82)76(19)47(29-35(2)3)60(86)73-53(39(10)11)66(92)77(20)48(30-36(4)5)59(85)69-42(15)58(84)70-43(16)62(88)78(21)49(31-37(6)7)64(90)79(22)50(32-38(8)9)65(91)80(23)55(40(12)13)67(93)81(24)56(61(87)71-45)57(83)41(14)33-51-72-54-44(68(94)95)27-26-28-46(54)75(51)18/h26-28,35-43,45,47-50,53,55-57,83H,25,29-34H2,1-24H3,(H,69,85)(H,70,84)(H,71,87)(H,73,86)(H,94,95)/t41-,42+,43-,45+,47+,48+,49+,50+,53+,55+,56+,57-/m1/s1. The predicted octanol–water partition coefficient (Wildman–Crippen LogP) is 3.13. The molecule has 95 heavy (non-hydrogen) atoms. The molecule has 1 aromatic heterocycles. The SMILES string of the molecule is CC[C@@H]1NC(=O)[C@H]([C@H](O)[C@H](C)Cc2nc3c(C(=O)O)cccc3n2C)N(C)C(=O)[C@H](C(C)C)N(C)C(=O)[C@H](CC(C)C)N(C)C(=O)[C@H](CC(C)C)N(C)C(=O)[C@@H](C)NC(=O)[C@H](C)NC(=O)[C@H](CC(C)C)N(C)C(=O)[C@H](C(C)C)NC(=O)[C@H](CC(C)C)N(C)C(=O)CN(C)C1=O. The van der Waals surface area contributed by atoms with Crippen molar-refractivity contribution in [2.45, 2.75) is 216 Å². The number of nitrogens with one attached hydrogen (secondary N) is 4. The summed E-state index contributed by atoms with van der Waals surface area (Å²) in [5, 5.41) is 33.6.